The maximum absolute atomic E-state index is 3.64. The van der Waals surface area contributed by atoms with Crippen LogP contribution in [0.5, 0.6) is 0 Å². The molecular formula is C14H24N2S. The van der Waals surface area contributed by atoms with Crippen molar-refractivity contribution < 1.29 is 0 Å². The van der Waals surface area contributed by atoms with Gasteiger partial charge in [-0.2, -0.15) is 11.3 Å². The van der Waals surface area contributed by atoms with Gasteiger partial charge < -0.3 is 10.6 Å². The molecule has 2 heterocycles. The zero-order chi connectivity index (χ0) is 12.3. The number of piperidine rings is 1. The molecule has 96 valence electrons. The lowest BCUT2D eigenvalue weighted by molar-refractivity contribution is 0.176. The summed E-state index contributed by atoms with van der Waals surface area (Å²) in [6, 6.07) is 0.607. The highest BCUT2D eigenvalue weighted by atomic mass is 32.1. The number of nitrogens with one attached hydrogen (secondary N) is 2. The molecule has 0 spiro atoms. The Morgan fingerprint density at radius 1 is 1.47 bits per heavy atom. The van der Waals surface area contributed by atoms with Gasteiger partial charge in [0.2, 0.25) is 0 Å². The number of aryl methyl sites for hydroxylation is 1. The first-order valence-electron chi connectivity index (χ1n) is 6.55. The molecule has 1 unspecified atom stereocenters. The van der Waals surface area contributed by atoms with Crippen molar-refractivity contribution in [2.75, 3.05) is 13.1 Å². The number of thiophene rings is 1. The summed E-state index contributed by atoms with van der Waals surface area (Å²) in [5.41, 5.74) is 3.29. The first-order chi connectivity index (χ1) is 8.09. The SMILES string of the molecule is Cc1cscc1CNCC1NCCCC1(C)C. The molecule has 2 nitrogen and oxygen atoms in total. The minimum atomic E-state index is 0.426. The molecule has 17 heavy (non-hydrogen) atoms. The highest BCUT2D eigenvalue weighted by Crippen LogP contribution is 2.29. The van der Waals surface area contributed by atoms with Gasteiger partial charge >= 0.3 is 0 Å². The molecule has 0 amide bonds. The number of hydrogen-bond acceptors (Lipinski definition) is 3. The zero-order valence-corrected chi connectivity index (χ0v) is 12.0. The van der Waals surface area contributed by atoms with Crippen LogP contribution in [0.4, 0.5) is 0 Å². The predicted molar refractivity (Wildman–Crippen MR) is 75.6 cm³/mol. The Hall–Kier alpha value is -0.380. The number of hydrogen-bond donors (Lipinski definition) is 2. The van der Waals surface area contributed by atoms with E-state index in [1.807, 2.05) is 0 Å². The van der Waals surface area contributed by atoms with Crippen LogP contribution in [0.3, 0.4) is 0 Å². The molecule has 1 aliphatic heterocycles. The largest absolute Gasteiger partial charge is 0.312 e. The lowest BCUT2D eigenvalue weighted by Gasteiger charge is -2.39. The monoisotopic (exact) mass is 252 g/mol. The van der Waals surface area contributed by atoms with E-state index < -0.39 is 0 Å². The van der Waals surface area contributed by atoms with E-state index in [9.17, 15) is 0 Å². The van der Waals surface area contributed by atoms with Crippen LogP contribution in [0.25, 0.3) is 0 Å². The average Bonchev–Trinajstić information content (AvgIpc) is 2.67. The Morgan fingerprint density at radius 3 is 2.94 bits per heavy atom. The van der Waals surface area contributed by atoms with Crippen LogP contribution in [0.1, 0.15) is 37.8 Å². The third kappa shape index (κ3) is 3.30. The Morgan fingerprint density at radius 2 is 2.29 bits per heavy atom. The topological polar surface area (TPSA) is 24.1 Å². The quantitative estimate of drug-likeness (QED) is 0.861. The molecule has 2 N–H and O–H groups in total. The molecule has 1 aromatic heterocycles. The summed E-state index contributed by atoms with van der Waals surface area (Å²) in [4.78, 5) is 0. The molecule has 1 saturated heterocycles. The van der Waals surface area contributed by atoms with Crippen molar-refractivity contribution in [3.8, 4) is 0 Å². The fourth-order valence-electron chi connectivity index (χ4n) is 2.54. The van der Waals surface area contributed by atoms with E-state index in [4.69, 9.17) is 0 Å². The van der Waals surface area contributed by atoms with Gasteiger partial charge in [-0.1, -0.05) is 13.8 Å². The third-order valence-electron chi connectivity index (χ3n) is 3.96. The summed E-state index contributed by atoms with van der Waals surface area (Å²) in [7, 11) is 0. The Labute approximate surface area is 109 Å². The van der Waals surface area contributed by atoms with Gasteiger partial charge in [0.1, 0.15) is 0 Å². The van der Waals surface area contributed by atoms with E-state index in [1.165, 1.54) is 30.5 Å². The van der Waals surface area contributed by atoms with Crippen molar-refractivity contribution in [1.29, 1.82) is 0 Å². The van der Waals surface area contributed by atoms with Gasteiger partial charge in [-0.15, -0.1) is 0 Å². The van der Waals surface area contributed by atoms with Crippen LogP contribution in [-0.2, 0) is 6.54 Å². The third-order valence-corrected chi connectivity index (χ3v) is 4.87. The molecule has 2 rings (SSSR count). The summed E-state index contributed by atoms with van der Waals surface area (Å²) in [6.45, 7) is 10.2. The molecule has 0 radical (unpaired) electrons. The molecule has 0 aromatic carbocycles. The van der Waals surface area contributed by atoms with Gasteiger partial charge in [0.25, 0.3) is 0 Å². The Bertz CT molecular complexity index is 357. The van der Waals surface area contributed by atoms with E-state index in [-0.39, 0.29) is 0 Å². The van der Waals surface area contributed by atoms with E-state index in [1.54, 1.807) is 11.3 Å². The first kappa shape index (κ1) is 13.1. The average molecular weight is 252 g/mol. The van der Waals surface area contributed by atoms with Crippen LogP contribution >= 0.6 is 11.3 Å². The first-order valence-corrected chi connectivity index (χ1v) is 7.49. The smallest absolute Gasteiger partial charge is 0.0243 e. The van der Waals surface area contributed by atoms with Gasteiger partial charge in [-0.05, 0) is 53.6 Å². The van der Waals surface area contributed by atoms with E-state index in [0.717, 1.165) is 13.1 Å². The summed E-state index contributed by atoms with van der Waals surface area (Å²) in [5.74, 6) is 0. The summed E-state index contributed by atoms with van der Waals surface area (Å²) in [5, 5.41) is 11.7. The van der Waals surface area contributed by atoms with Crippen molar-refractivity contribution in [1.82, 2.24) is 10.6 Å². The molecule has 1 aromatic rings. The maximum atomic E-state index is 3.64. The molecule has 0 bridgehead atoms. The maximum Gasteiger partial charge on any atom is 0.0243 e. The van der Waals surface area contributed by atoms with E-state index in [2.05, 4.69) is 42.2 Å². The second kappa shape index (κ2) is 5.51. The second-order valence-corrected chi connectivity index (χ2v) is 6.55. The van der Waals surface area contributed by atoms with Gasteiger partial charge in [-0.3, -0.25) is 0 Å². The lowest BCUT2D eigenvalue weighted by atomic mass is 9.77. The predicted octanol–water partition coefficient (Wildman–Crippen LogP) is 2.92. The van der Waals surface area contributed by atoms with Gasteiger partial charge in [0, 0.05) is 19.1 Å². The standard InChI is InChI=1S/C14H24N2S/c1-11-9-17-10-12(11)7-15-8-13-14(2,3)5-4-6-16-13/h9-10,13,15-16H,4-8H2,1-3H3. The summed E-state index contributed by atoms with van der Waals surface area (Å²) < 4.78 is 0. The molecule has 1 fully saturated rings. The van der Waals surface area contributed by atoms with E-state index >= 15 is 0 Å². The van der Waals surface area contributed by atoms with E-state index in [0.29, 0.717) is 11.5 Å². The minimum Gasteiger partial charge on any atom is -0.312 e. The van der Waals surface area contributed by atoms with Crippen molar-refractivity contribution in [2.45, 2.75) is 46.2 Å². The highest BCUT2D eigenvalue weighted by molar-refractivity contribution is 7.08. The van der Waals surface area contributed by atoms with Crippen LogP contribution in [0.2, 0.25) is 0 Å². The van der Waals surface area contributed by atoms with Crippen molar-refractivity contribution in [3.63, 3.8) is 0 Å². The lowest BCUT2D eigenvalue weighted by Crippen LogP contribution is -2.51. The van der Waals surface area contributed by atoms with Crippen molar-refractivity contribution >= 4 is 11.3 Å². The van der Waals surface area contributed by atoms with Crippen LogP contribution in [0.15, 0.2) is 10.8 Å². The second-order valence-electron chi connectivity index (χ2n) is 5.81. The van der Waals surface area contributed by atoms with Crippen molar-refractivity contribution in [3.05, 3.63) is 21.9 Å². The Balaban J connectivity index is 1.80. The Kier molecular flexibility index (Phi) is 4.23. The molecule has 0 saturated carbocycles. The molecule has 1 aliphatic rings. The van der Waals surface area contributed by atoms with Crippen LogP contribution in [0, 0.1) is 12.3 Å². The summed E-state index contributed by atoms with van der Waals surface area (Å²) >= 11 is 1.80. The minimum absolute atomic E-state index is 0.426. The summed E-state index contributed by atoms with van der Waals surface area (Å²) in [6.07, 6.45) is 2.65. The number of rotatable bonds is 4. The fraction of sp³-hybridized carbons (Fsp3) is 0.714. The molecular weight excluding hydrogens is 228 g/mol. The molecule has 0 aliphatic carbocycles. The molecule has 1 atom stereocenters. The normalized spacial score (nSPS) is 23.8. The van der Waals surface area contributed by atoms with Gasteiger partial charge in [-0.25, -0.2) is 0 Å². The van der Waals surface area contributed by atoms with Gasteiger partial charge in [0.05, 0.1) is 0 Å². The van der Waals surface area contributed by atoms with Crippen molar-refractivity contribution in [2.24, 2.45) is 5.41 Å². The fourth-order valence-corrected chi connectivity index (χ4v) is 3.40. The van der Waals surface area contributed by atoms with Crippen LogP contribution in [-0.4, -0.2) is 19.1 Å². The molecule has 3 heteroatoms. The van der Waals surface area contributed by atoms with Crippen LogP contribution < -0.4 is 10.6 Å². The zero-order valence-electron chi connectivity index (χ0n) is 11.2. The van der Waals surface area contributed by atoms with Gasteiger partial charge in [0.15, 0.2) is 0 Å². The highest BCUT2D eigenvalue weighted by Gasteiger charge is 2.31.